The molecule has 0 aliphatic heterocycles. The van der Waals surface area contributed by atoms with Crippen molar-refractivity contribution in [3.63, 3.8) is 0 Å². The monoisotopic (exact) mass is 165 g/mol. The van der Waals surface area contributed by atoms with Gasteiger partial charge in [0.1, 0.15) is 5.75 Å². The molecule has 1 rings (SSSR count). The van der Waals surface area contributed by atoms with Gasteiger partial charge in [-0.3, -0.25) is 0 Å². The molecule has 3 nitrogen and oxygen atoms in total. The number of hydrogen-bond donors (Lipinski definition) is 1. The first-order chi connectivity index (χ1) is 5.66. The Morgan fingerprint density at radius 3 is 2.75 bits per heavy atom. The van der Waals surface area contributed by atoms with Crippen LogP contribution in [-0.4, -0.2) is 18.2 Å². The van der Waals surface area contributed by atoms with E-state index in [1.54, 1.807) is 12.1 Å². The average molecular weight is 165 g/mol. The molecule has 0 spiro atoms. The third-order valence-electron chi connectivity index (χ3n) is 1.58. The Hall–Kier alpha value is -1.51. The zero-order valence-corrected chi connectivity index (χ0v) is 6.70. The Bertz CT molecular complexity index is 305. The minimum absolute atomic E-state index is 0.175. The normalized spacial score (nSPS) is 9.50. The molecule has 0 saturated carbocycles. The number of carbonyl (C=O) groups is 1. The lowest BCUT2D eigenvalue weighted by molar-refractivity contribution is 0.0696. The molecule has 0 aliphatic rings. The molecule has 0 bridgehead atoms. The molecule has 0 atom stereocenters. The SMILES string of the molecule is [CH2]c1c(OC)cccc1C(=O)O. The van der Waals surface area contributed by atoms with Crippen LogP contribution in [0.4, 0.5) is 0 Å². The van der Waals surface area contributed by atoms with E-state index in [-0.39, 0.29) is 5.56 Å². The van der Waals surface area contributed by atoms with Gasteiger partial charge in [0.15, 0.2) is 0 Å². The summed E-state index contributed by atoms with van der Waals surface area (Å²) in [6.07, 6.45) is 0. The summed E-state index contributed by atoms with van der Waals surface area (Å²) in [4.78, 5) is 10.6. The van der Waals surface area contributed by atoms with E-state index in [1.165, 1.54) is 13.2 Å². The van der Waals surface area contributed by atoms with E-state index in [4.69, 9.17) is 9.84 Å². The highest BCUT2D eigenvalue weighted by Crippen LogP contribution is 2.20. The fraction of sp³-hybridized carbons (Fsp3) is 0.111. The first-order valence-electron chi connectivity index (χ1n) is 3.39. The molecule has 0 fully saturated rings. The van der Waals surface area contributed by atoms with E-state index in [1.807, 2.05) is 0 Å². The van der Waals surface area contributed by atoms with E-state index in [2.05, 4.69) is 6.92 Å². The van der Waals surface area contributed by atoms with Crippen LogP contribution in [0.1, 0.15) is 15.9 Å². The minimum Gasteiger partial charge on any atom is -0.496 e. The number of carboxylic acid groups (broad SMARTS) is 1. The van der Waals surface area contributed by atoms with Crippen LogP contribution in [0, 0.1) is 6.92 Å². The van der Waals surface area contributed by atoms with Crippen LogP contribution >= 0.6 is 0 Å². The summed E-state index contributed by atoms with van der Waals surface area (Å²) in [5.74, 6) is -0.492. The van der Waals surface area contributed by atoms with Crippen LogP contribution in [0.5, 0.6) is 5.75 Å². The largest absolute Gasteiger partial charge is 0.496 e. The molecule has 1 N–H and O–H groups in total. The highest BCUT2D eigenvalue weighted by atomic mass is 16.5. The Morgan fingerprint density at radius 1 is 1.58 bits per heavy atom. The molecule has 0 heterocycles. The fourth-order valence-electron chi connectivity index (χ4n) is 0.957. The summed E-state index contributed by atoms with van der Waals surface area (Å²) in [6.45, 7) is 3.61. The summed E-state index contributed by atoms with van der Waals surface area (Å²) in [6, 6.07) is 4.79. The molecule has 12 heavy (non-hydrogen) atoms. The zero-order valence-electron chi connectivity index (χ0n) is 6.70. The van der Waals surface area contributed by atoms with Crippen molar-refractivity contribution in [2.24, 2.45) is 0 Å². The summed E-state index contributed by atoms with van der Waals surface area (Å²) in [7, 11) is 1.48. The van der Waals surface area contributed by atoms with Gasteiger partial charge in [-0.1, -0.05) is 6.07 Å². The topological polar surface area (TPSA) is 46.5 Å². The fourth-order valence-corrected chi connectivity index (χ4v) is 0.957. The van der Waals surface area contributed by atoms with Crippen LogP contribution in [0.2, 0.25) is 0 Å². The van der Waals surface area contributed by atoms with Crippen molar-refractivity contribution in [3.05, 3.63) is 36.2 Å². The second-order valence-corrected chi connectivity index (χ2v) is 2.29. The second kappa shape index (κ2) is 3.26. The summed E-state index contributed by atoms with van der Waals surface area (Å²) in [5.41, 5.74) is 0.585. The maximum absolute atomic E-state index is 10.6. The van der Waals surface area contributed by atoms with Crippen molar-refractivity contribution in [1.82, 2.24) is 0 Å². The summed E-state index contributed by atoms with van der Waals surface area (Å²) in [5, 5.41) is 8.69. The van der Waals surface area contributed by atoms with Crippen molar-refractivity contribution >= 4 is 5.97 Å². The highest BCUT2D eigenvalue weighted by Gasteiger charge is 2.09. The van der Waals surface area contributed by atoms with Crippen LogP contribution < -0.4 is 4.74 Å². The minimum atomic E-state index is -0.987. The number of benzene rings is 1. The number of hydrogen-bond acceptors (Lipinski definition) is 2. The van der Waals surface area contributed by atoms with Gasteiger partial charge < -0.3 is 9.84 Å². The molecular weight excluding hydrogens is 156 g/mol. The maximum atomic E-state index is 10.6. The molecular formula is C9H9O3. The van der Waals surface area contributed by atoms with Crippen molar-refractivity contribution in [2.75, 3.05) is 7.11 Å². The number of methoxy groups -OCH3 is 1. The van der Waals surface area contributed by atoms with E-state index in [0.717, 1.165) is 0 Å². The Kier molecular flexibility index (Phi) is 2.33. The standard InChI is InChI=1S/C9H9O3/c1-6-7(9(10)11)4-3-5-8(6)12-2/h3-5H,1H2,2H3,(H,10,11). The summed E-state index contributed by atoms with van der Waals surface area (Å²) >= 11 is 0. The number of carboxylic acids is 1. The van der Waals surface area contributed by atoms with Gasteiger partial charge >= 0.3 is 5.97 Å². The second-order valence-electron chi connectivity index (χ2n) is 2.29. The van der Waals surface area contributed by atoms with Crippen LogP contribution in [0.3, 0.4) is 0 Å². The number of ether oxygens (including phenoxy) is 1. The third kappa shape index (κ3) is 1.39. The van der Waals surface area contributed by atoms with Gasteiger partial charge in [0.2, 0.25) is 0 Å². The van der Waals surface area contributed by atoms with E-state index >= 15 is 0 Å². The molecule has 63 valence electrons. The van der Waals surface area contributed by atoms with Crippen molar-refractivity contribution in [1.29, 1.82) is 0 Å². The highest BCUT2D eigenvalue weighted by molar-refractivity contribution is 5.90. The van der Waals surface area contributed by atoms with Crippen molar-refractivity contribution < 1.29 is 14.6 Å². The van der Waals surface area contributed by atoms with E-state index < -0.39 is 5.97 Å². The molecule has 0 saturated heterocycles. The van der Waals surface area contributed by atoms with Crippen LogP contribution in [0.25, 0.3) is 0 Å². The molecule has 0 aliphatic carbocycles. The number of rotatable bonds is 2. The lowest BCUT2D eigenvalue weighted by Crippen LogP contribution is -2.00. The molecule has 1 aromatic carbocycles. The average Bonchev–Trinajstić information content (AvgIpc) is 2.04. The van der Waals surface area contributed by atoms with Crippen LogP contribution in [0.15, 0.2) is 18.2 Å². The van der Waals surface area contributed by atoms with Gasteiger partial charge in [-0.15, -0.1) is 0 Å². The van der Waals surface area contributed by atoms with Gasteiger partial charge in [-0.05, 0) is 19.1 Å². The molecule has 0 aromatic heterocycles. The van der Waals surface area contributed by atoms with E-state index in [0.29, 0.717) is 11.3 Å². The van der Waals surface area contributed by atoms with Gasteiger partial charge in [-0.25, -0.2) is 4.79 Å². The van der Waals surface area contributed by atoms with Crippen molar-refractivity contribution in [2.45, 2.75) is 0 Å². The molecule has 0 unspecified atom stereocenters. The predicted octanol–water partition coefficient (Wildman–Crippen LogP) is 1.58. The molecule has 1 radical (unpaired) electrons. The third-order valence-corrected chi connectivity index (χ3v) is 1.58. The Labute approximate surface area is 70.6 Å². The Balaban J connectivity index is 3.23. The molecule has 1 aromatic rings. The number of aromatic carboxylic acids is 1. The van der Waals surface area contributed by atoms with Crippen molar-refractivity contribution in [3.8, 4) is 5.75 Å². The van der Waals surface area contributed by atoms with Gasteiger partial charge in [0.05, 0.1) is 12.7 Å². The smallest absolute Gasteiger partial charge is 0.336 e. The zero-order chi connectivity index (χ0) is 9.14. The predicted molar refractivity (Wildman–Crippen MR) is 44.4 cm³/mol. The molecule has 0 amide bonds. The first-order valence-corrected chi connectivity index (χ1v) is 3.39. The van der Waals surface area contributed by atoms with E-state index in [9.17, 15) is 4.79 Å². The van der Waals surface area contributed by atoms with Crippen LogP contribution in [-0.2, 0) is 0 Å². The van der Waals surface area contributed by atoms with Gasteiger partial charge in [-0.2, -0.15) is 0 Å². The quantitative estimate of drug-likeness (QED) is 0.723. The maximum Gasteiger partial charge on any atom is 0.336 e. The lowest BCUT2D eigenvalue weighted by Gasteiger charge is -2.05. The molecule has 3 heteroatoms. The summed E-state index contributed by atoms with van der Waals surface area (Å²) < 4.78 is 4.91. The first kappa shape index (κ1) is 8.59. The van der Waals surface area contributed by atoms with Gasteiger partial charge in [0, 0.05) is 5.56 Å². The Morgan fingerprint density at radius 2 is 2.25 bits per heavy atom. The van der Waals surface area contributed by atoms with Gasteiger partial charge in [0.25, 0.3) is 0 Å². The lowest BCUT2D eigenvalue weighted by atomic mass is 10.1.